The van der Waals surface area contributed by atoms with E-state index in [1.54, 1.807) is 16.5 Å². The van der Waals surface area contributed by atoms with Crippen LogP contribution in [0, 0.1) is 11.3 Å². The van der Waals surface area contributed by atoms with Crippen LogP contribution in [0.5, 0.6) is 0 Å². The number of allylic oxidation sites excluding steroid dienone is 21. The molecule has 0 saturated carbocycles. The van der Waals surface area contributed by atoms with E-state index in [4.69, 9.17) is 6.58 Å². The molecule has 0 fully saturated rings. The van der Waals surface area contributed by atoms with Crippen LogP contribution in [0.4, 0.5) is 0 Å². The average molecular weight is 564 g/mol. The average Bonchev–Trinajstić information content (AvgIpc) is 2.97. The maximum atomic E-state index is 4.84. The molecule has 0 radical (unpaired) electrons. The normalized spacial score (nSPS) is 24.7. The molecule has 0 aromatic rings. The predicted octanol–water partition coefficient (Wildman–Crippen LogP) is 12.3. The Morgan fingerprint density at radius 1 is 1.15 bits per heavy atom. The van der Waals surface area contributed by atoms with Crippen molar-refractivity contribution >= 4 is 7.26 Å². The van der Waals surface area contributed by atoms with Gasteiger partial charge in [-0.25, -0.2) is 0 Å². The first-order valence-electron chi connectivity index (χ1n) is 15.7. The minimum absolute atomic E-state index is 0.0280. The van der Waals surface area contributed by atoms with E-state index in [9.17, 15) is 0 Å². The molecule has 0 bridgehead atoms. The first kappa shape index (κ1) is 31.3. The Morgan fingerprint density at radius 2 is 1.93 bits per heavy atom. The van der Waals surface area contributed by atoms with Crippen LogP contribution in [0.3, 0.4) is 0 Å². The van der Waals surface area contributed by atoms with Crippen molar-refractivity contribution in [1.29, 1.82) is 0 Å². The topological polar surface area (TPSA) is 0 Å². The maximum Gasteiger partial charge on any atom is 0.101 e. The van der Waals surface area contributed by atoms with Gasteiger partial charge >= 0.3 is 0 Å². The van der Waals surface area contributed by atoms with Crippen molar-refractivity contribution in [1.82, 2.24) is 0 Å². The summed E-state index contributed by atoms with van der Waals surface area (Å²) in [6.45, 7) is 25.2. The highest BCUT2D eigenvalue weighted by Crippen LogP contribution is 2.67. The van der Waals surface area contributed by atoms with Crippen molar-refractivity contribution in [3.05, 3.63) is 141 Å². The summed E-state index contributed by atoms with van der Waals surface area (Å²) in [6.07, 6.45) is 32.9. The van der Waals surface area contributed by atoms with Crippen molar-refractivity contribution in [2.24, 2.45) is 11.3 Å². The summed E-state index contributed by atoms with van der Waals surface area (Å²) in [5, 5.41) is 1.57. The van der Waals surface area contributed by atoms with Crippen molar-refractivity contribution < 1.29 is 0 Å². The minimum atomic E-state index is -1.50. The van der Waals surface area contributed by atoms with E-state index in [1.165, 1.54) is 45.2 Å². The summed E-state index contributed by atoms with van der Waals surface area (Å²) in [7, 11) is -1.50. The second kappa shape index (κ2) is 13.1. The molecule has 2 unspecified atom stereocenters. The van der Waals surface area contributed by atoms with Crippen LogP contribution in [-0.2, 0) is 0 Å². The molecular formula is C40H52P+. The summed E-state index contributed by atoms with van der Waals surface area (Å²) in [4.78, 5) is 0. The highest BCUT2D eigenvalue weighted by molar-refractivity contribution is 7.82. The van der Waals surface area contributed by atoms with Crippen molar-refractivity contribution in [2.75, 3.05) is 12.8 Å². The number of hydrogen-bond acceptors (Lipinski definition) is 0. The predicted molar refractivity (Wildman–Crippen MR) is 187 cm³/mol. The second-order valence-electron chi connectivity index (χ2n) is 12.7. The van der Waals surface area contributed by atoms with E-state index >= 15 is 0 Å². The molecule has 41 heavy (non-hydrogen) atoms. The smallest absolute Gasteiger partial charge is 0.0991 e. The lowest BCUT2D eigenvalue weighted by Gasteiger charge is -2.46. The summed E-state index contributed by atoms with van der Waals surface area (Å²) in [5.74, 6) is 3.12. The highest BCUT2D eigenvalue weighted by atomic mass is 31.2. The quantitative estimate of drug-likeness (QED) is 0.149. The van der Waals surface area contributed by atoms with Gasteiger partial charge in [0.25, 0.3) is 0 Å². The monoisotopic (exact) mass is 563 g/mol. The molecule has 216 valence electrons. The van der Waals surface area contributed by atoms with E-state index < -0.39 is 7.26 Å². The Bertz CT molecular complexity index is 1400. The molecule has 0 N–H and O–H groups in total. The fourth-order valence-corrected chi connectivity index (χ4v) is 9.95. The summed E-state index contributed by atoms with van der Waals surface area (Å²) in [5.41, 5.74) is 13.2. The van der Waals surface area contributed by atoms with Gasteiger partial charge in [0.15, 0.2) is 0 Å². The molecule has 0 amide bonds. The van der Waals surface area contributed by atoms with Gasteiger partial charge in [0.2, 0.25) is 0 Å². The molecule has 0 nitrogen and oxygen atoms in total. The molecule has 0 aromatic carbocycles. The molecule has 0 aliphatic heterocycles. The summed E-state index contributed by atoms with van der Waals surface area (Å²) >= 11 is 0. The SMILES string of the molecule is C=C/C=C\C=C(/C)C1=C([P+](C)(/C=C\C2=CCCC3=C2C(=C)C2=C(C(C)=CCC2CC=CC)C3(C)C)CC)C=CCC1. The lowest BCUT2D eigenvalue weighted by Crippen LogP contribution is -2.32. The molecule has 0 aromatic heterocycles. The Kier molecular flexibility index (Phi) is 9.97. The van der Waals surface area contributed by atoms with Crippen LogP contribution in [-0.4, -0.2) is 12.8 Å². The molecular weight excluding hydrogens is 511 g/mol. The minimum Gasteiger partial charge on any atom is -0.0991 e. The third kappa shape index (κ3) is 6.10. The lowest BCUT2D eigenvalue weighted by atomic mass is 9.58. The van der Waals surface area contributed by atoms with Crippen molar-refractivity contribution in [2.45, 2.75) is 80.1 Å². The molecule has 2 atom stereocenters. The van der Waals surface area contributed by atoms with Crippen LogP contribution in [0.1, 0.15) is 80.1 Å². The zero-order chi connectivity index (χ0) is 29.8. The fraction of sp³-hybridized carbons (Fsp3) is 0.400. The molecule has 0 heterocycles. The van der Waals surface area contributed by atoms with Gasteiger partial charge in [-0.3, -0.25) is 0 Å². The van der Waals surface area contributed by atoms with E-state index in [0.717, 1.165) is 38.5 Å². The van der Waals surface area contributed by atoms with Gasteiger partial charge in [0.05, 0.1) is 25.9 Å². The van der Waals surface area contributed by atoms with Gasteiger partial charge in [0, 0.05) is 5.41 Å². The van der Waals surface area contributed by atoms with Gasteiger partial charge in [-0.2, -0.15) is 0 Å². The highest BCUT2D eigenvalue weighted by Gasteiger charge is 2.43. The molecule has 4 rings (SSSR count). The third-order valence-electron chi connectivity index (χ3n) is 9.80. The Hall–Kier alpha value is -2.69. The van der Waals surface area contributed by atoms with E-state index in [-0.39, 0.29) is 5.41 Å². The van der Waals surface area contributed by atoms with Gasteiger partial charge in [-0.1, -0.05) is 92.8 Å². The van der Waals surface area contributed by atoms with Crippen LogP contribution in [0.15, 0.2) is 141 Å². The first-order valence-corrected chi connectivity index (χ1v) is 18.2. The van der Waals surface area contributed by atoms with E-state index in [2.05, 4.69) is 115 Å². The van der Waals surface area contributed by atoms with Gasteiger partial charge in [-0.05, 0) is 123 Å². The second-order valence-corrected chi connectivity index (χ2v) is 16.7. The summed E-state index contributed by atoms with van der Waals surface area (Å²) < 4.78 is 0. The van der Waals surface area contributed by atoms with Gasteiger partial charge in [-0.15, -0.1) is 0 Å². The standard InChI is InChI=1S/C40H52P/c1-10-13-15-19-29(4)34-22-16-17-24-36(34)41(9,12-3)28-27-33-21-18-23-35-37(33)31(6)38-32(20-14-11-2)26-25-30(5)39(38)40(35,7)8/h10-11,13-15,17,19,21,24-25,27-28,32H,1,6,12,16,18,20,22-23,26H2,2-5,7-9H3/q+1/b14-11?,15-13-,28-27-,29-19+. The van der Waals surface area contributed by atoms with Gasteiger partial charge in [0.1, 0.15) is 5.31 Å². The van der Waals surface area contributed by atoms with Crippen LogP contribution in [0.25, 0.3) is 0 Å². The Labute approximate surface area is 252 Å². The van der Waals surface area contributed by atoms with Crippen molar-refractivity contribution in [3.8, 4) is 0 Å². The number of rotatable bonds is 9. The van der Waals surface area contributed by atoms with E-state index in [0.29, 0.717) is 5.92 Å². The molecule has 0 saturated heterocycles. The van der Waals surface area contributed by atoms with E-state index in [1.807, 2.05) is 12.2 Å². The lowest BCUT2D eigenvalue weighted by molar-refractivity contribution is 0.475. The Morgan fingerprint density at radius 3 is 2.63 bits per heavy atom. The van der Waals surface area contributed by atoms with Gasteiger partial charge < -0.3 is 0 Å². The third-order valence-corrected chi connectivity index (χ3v) is 13.4. The molecule has 4 aliphatic carbocycles. The Balaban J connectivity index is 1.77. The number of hydrogen-bond donors (Lipinski definition) is 0. The molecule has 1 heteroatoms. The summed E-state index contributed by atoms with van der Waals surface area (Å²) in [6, 6.07) is 0. The zero-order valence-electron chi connectivity index (χ0n) is 26.8. The van der Waals surface area contributed by atoms with Crippen molar-refractivity contribution in [3.63, 3.8) is 0 Å². The van der Waals surface area contributed by atoms with Crippen LogP contribution in [0.2, 0.25) is 0 Å². The molecule has 0 spiro atoms. The fourth-order valence-electron chi connectivity index (χ4n) is 7.40. The zero-order valence-corrected chi connectivity index (χ0v) is 27.7. The first-order chi connectivity index (χ1) is 19.6. The van der Waals surface area contributed by atoms with Crippen LogP contribution < -0.4 is 0 Å². The van der Waals surface area contributed by atoms with Crippen LogP contribution >= 0.6 is 7.26 Å². The molecule has 4 aliphatic rings. The largest absolute Gasteiger partial charge is 0.101 e. The maximum absolute atomic E-state index is 4.84.